The first-order valence-corrected chi connectivity index (χ1v) is 5.06. The van der Waals surface area contributed by atoms with Gasteiger partial charge in [0.1, 0.15) is 6.33 Å². The average Bonchev–Trinajstić information content (AvgIpc) is 2.25. The van der Waals surface area contributed by atoms with E-state index in [1.165, 1.54) is 6.33 Å². The van der Waals surface area contributed by atoms with Crippen LogP contribution < -0.4 is 15.4 Å². The highest BCUT2D eigenvalue weighted by molar-refractivity contribution is 5.62. The van der Waals surface area contributed by atoms with Crippen molar-refractivity contribution >= 4 is 11.6 Å². The lowest BCUT2D eigenvalue weighted by atomic mass is 10.3. The Balaban J connectivity index is 2.87. The first-order chi connectivity index (χ1) is 7.20. The lowest BCUT2D eigenvalue weighted by molar-refractivity contribution is 0.413. The minimum Gasteiger partial charge on any atom is -0.490 e. The molecule has 0 amide bonds. The molecule has 0 atom stereocenters. The molecule has 0 radical (unpaired) electrons. The summed E-state index contributed by atoms with van der Waals surface area (Å²) in [7, 11) is 3.55. The molecule has 1 aromatic heterocycles. The van der Waals surface area contributed by atoms with Gasteiger partial charge in [-0.3, -0.25) is 0 Å². The minimum absolute atomic E-state index is 0.380. The highest BCUT2D eigenvalue weighted by Crippen LogP contribution is 2.28. The minimum atomic E-state index is 0.380. The molecule has 0 unspecified atom stereocenters. The summed E-state index contributed by atoms with van der Waals surface area (Å²) < 4.78 is 5.19. The number of anilines is 2. The number of nitrogens with two attached hydrogens (primary N) is 1. The second kappa shape index (κ2) is 5.38. The van der Waals surface area contributed by atoms with Crippen LogP contribution in [-0.2, 0) is 0 Å². The maximum atomic E-state index is 5.70. The van der Waals surface area contributed by atoms with Crippen LogP contribution in [0.2, 0.25) is 0 Å². The zero-order valence-corrected chi connectivity index (χ0v) is 9.53. The Hall–Kier alpha value is -1.52. The SMILES string of the molecule is CCCCN(C)c1ncnc(N)c1OC. The molecule has 0 bridgehead atoms. The summed E-state index contributed by atoms with van der Waals surface area (Å²) in [4.78, 5) is 10.1. The van der Waals surface area contributed by atoms with E-state index in [1.807, 2.05) is 11.9 Å². The third-order valence-corrected chi connectivity index (χ3v) is 2.23. The molecule has 0 saturated heterocycles. The van der Waals surface area contributed by atoms with Gasteiger partial charge < -0.3 is 15.4 Å². The van der Waals surface area contributed by atoms with E-state index in [1.54, 1.807) is 7.11 Å². The third-order valence-electron chi connectivity index (χ3n) is 2.23. The molecule has 0 aromatic carbocycles. The molecular weight excluding hydrogens is 192 g/mol. The van der Waals surface area contributed by atoms with Crippen molar-refractivity contribution in [2.45, 2.75) is 19.8 Å². The molecule has 0 spiro atoms. The molecule has 0 aliphatic heterocycles. The van der Waals surface area contributed by atoms with Gasteiger partial charge in [0.15, 0.2) is 11.6 Å². The number of hydrogen-bond acceptors (Lipinski definition) is 5. The Morgan fingerprint density at radius 2 is 2.20 bits per heavy atom. The van der Waals surface area contributed by atoms with Crippen molar-refractivity contribution < 1.29 is 4.74 Å². The van der Waals surface area contributed by atoms with Gasteiger partial charge >= 0.3 is 0 Å². The fraction of sp³-hybridized carbons (Fsp3) is 0.600. The lowest BCUT2D eigenvalue weighted by Gasteiger charge is -2.20. The van der Waals surface area contributed by atoms with Gasteiger partial charge in [0.25, 0.3) is 0 Å². The summed E-state index contributed by atoms with van der Waals surface area (Å²) in [5.74, 6) is 1.68. The molecule has 2 N–H and O–H groups in total. The standard InChI is InChI=1S/C10H18N4O/c1-4-5-6-14(2)10-8(15-3)9(11)12-7-13-10/h7H,4-6H2,1-3H3,(H2,11,12,13). The molecule has 15 heavy (non-hydrogen) atoms. The second-order valence-electron chi connectivity index (χ2n) is 3.39. The molecule has 1 rings (SSSR count). The van der Waals surface area contributed by atoms with Gasteiger partial charge in [-0.25, -0.2) is 9.97 Å². The Bertz CT molecular complexity index is 316. The number of unbranched alkanes of at least 4 members (excludes halogenated alkanes) is 1. The summed E-state index contributed by atoms with van der Waals surface area (Å²) in [5, 5.41) is 0. The fourth-order valence-electron chi connectivity index (χ4n) is 1.35. The van der Waals surface area contributed by atoms with E-state index in [2.05, 4.69) is 16.9 Å². The Morgan fingerprint density at radius 1 is 1.47 bits per heavy atom. The van der Waals surface area contributed by atoms with Crippen LogP contribution in [-0.4, -0.2) is 30.7 Å². The van der Waals surface area contributed by atoms with Crippen LogP contribution in [0.1, 0.15) is 19.8 Å². The number of hydrogen-bond donors (Lipinski definition) is 1. The smallest absolute Gasteiger partial charge is 0.204 e. The van der Waals surface area contributed by atoms with Crippen LogP contribution in [0.15, 0.2) is 6.33 Å². The zero-order chi connectivity index (χ0) is 11.3. The molecule has 5 heteroatoms. The van der Waals surface area contributed by atoms with E-state index in [4.69, 9.17) is 10.5 Å². The number of nitrogen functional groups attached to an aromatic ring is 1. The van der Waals surface area contributed by atoms with Crippen LogP contribution in [0, 0.1) is 0 Å². The molecule has 84 valence electrons. The molecule has 0 saturated carbocycles. The van der Waals surface area contributed by atoms with Crippen LogP contribution in [0.3, 0.4) is 0 Å². The van der Waals surface area contributed by atoms with Gasteiger partial charge in [0.05, 0.1) is 7.11 Å². The van der Waals surface area contributed by atoms with Crippen LogP contribution in [0.4, 0.5) is 11.6 Å². The van der Waals surface area contributed by atoms with Gasteiger partial charge in [-0.2, -0.15) is 0 Å². The van der Waals surface area contributed by atoms with E-state index in [0.29, 0.717) is 11.6 Å². The Kier molecular flexibility index (Phi) is 4.15. The van der Waals surface area contributed by atoms with Crippen molar-refractivity contribution in [2.75, 3.05) is 31.3 Å². The Morgan fingerprint density at radius 3 is 2.80 bits per heavy atom. The predicted octanol–water partition coefficient (Wildman–Crippen LogP) is 1.30. The quantitative estimate of drug-likeness (QED) is 0.793. The lowest BCUT2D eigenvalue weighted by Crippen LogP contribution is -2.21. The monoisotopic (exact) mass is 210 g/mol. The van der Waals surface area contributed by atoms with Gasteiger partial charge in [0.2, 0.25) is 5.75 Å². The molecule has 1 aromatic rings. The molecule has 0 aliphatic carbocycles. The normalized spacial score (nSPS) is 10.1. The third kappa shape index (κ3) is 2.71. The number of ether oxygens (including phenoxy) is 1. The van der Waals surface area contributed by atoms with E-state index in [-0.39, 0.29) is 0 Å². The highest BCUT2D eigenvalue weighted by atomic mass is 16.5. The summed E-state index contributed by atoms with van der Waals surface area (Å²) >= 11 is 0. The second-order valence-corrected chi connectivity index (χ2v) is 3.39. The summed E-state index contributed by atoms with van der Waals surface area (Å²) in [6, 6.07) is 0. The van der Waals surface area contributed by atoms with Crippen molar-refractivity contribution in [2.24, 2.45) is 0 Å². The Labute approximate surface area is 90.3 Å². The van der Waals surface area contributed by atoms with Crippen molar-refractivity contribution in [3.8, 4) is 5.75 Å². The van der Waals surface area contributed by atoms with Gasteiger partial charge in [-0.1, -0.05) is 13.3 Å². The van der Waals surface area contributed by atoms with E-state index < -0.39 is 0 Å². The maximum Gasteiger partial charge on any atom is 0.204 e. The zero-order valence-electron chi connectivity index (χ0n) is 9.53. The first-order valence-electron chi connectivity index (χ1n) is 5.06. The summed E-state index contributed by atoms with van der Waals surface area (Å²) in [6.45, 7) is 3.09. The first kappa shape index (κ1) is 11.6. The molecule has 5 nitrogen and oxygen atoms in total. The number of methoxy groups -OCH3 is 1. The number of rotatable bonds is 5. The van der Waals surface area contributed by atoms with Gasteiger partial charge in [0, 0.05) is 13.6 Å². The van der Waals surface area contributed by atoms with Gasteiger partial charge in [-0.05, 0) is 6.42 Å². The summed E-state index contributed by atoms with van der Waals surface area (Å²) in [5.41, 5.74) is 5.70. The van der Waals surface area contributed by atoms with Crippen molar-refractivity contribution in [1.82, 2.24) is 9.97 Å². The topological polar surface area (TPSA) is 64.3 Å². The number of nitrogens with zero attached hydrogens (tertiary/aromatic N) is 3. The summed E-state index contributed by atoms with van der Waals surface area (Å²) in [6.07, 6.45) is 3.71. The van der Waals surface area contributed by atoms with Crippen LogP contribution in [0.5, 0.6) is 5.75 Å². The molecule has 0 fully saturated rings. The van der Waals surface area contributed by atoms with Crippen molar-refractivity contribution in [3.63, 3.8) is 0 Å². The molecule has 0 aliphatic rings. The average molecular weight is 210 g/mol. The van der Waals surface area contributed by atoms with Crippen LogP contribution in [0.25, 0.3) is 0 Å². The fourth-order valence-corrected chi connectivity index (χ4v) is 1.35. The van der Waals surface area contributed by atoms with Crippen molar-refractivity contribution in [1.29, 1.82) is 0 Å². The predicted molar refractivity (Wildman–Crippen MR) is 61.2 cm³/mol. The van der Waals surface area contributed by atoms with Crippen molar-refractivity contribution in [3.05, 3.63) is 6.33 Å². The highest BCUT2D eigenvalue weighted by Gasteiger charge is 2.12. The van der Waals surface area contributed by atoms with E-state index in [0.717, 1.165) is 25.2 Å². The maximum absolute atomic E-state index is 5.70. The van der Waals surface area contributed by atoms with E-state index in [9.17, 15) is 0 Å². The van der Waals surface area contributed by atoms with Crippen LogP contribution >= 0.6 is 0 Å². The molecule has 1 heterocycles. The van der Waals surface area contributed by atoms with Gasteiger partial charge in [-0.15, -0.1) is 0 Å². The largest absolute Gasteiger partial charge is 0.490 e. The molecular formula is C10H18N4O. The van der Waals surface area contributed by atoms with E-state index >= 15 is 0 Å². The number of aromatic nitrogens is 2.